The molecular weight excluding hydrogens is 164 g/mol. The van der Waals surface area contributed by atoms with Crippen LogP contribution in [0.4, 0.5) is 4.79 Å². The number of rotatable bonds is 2. The highest BCUT2D eigenvalue weighted by Crippen LogP contribution is 2.06. The fourth-order valence-electron chi connectivity index (χ4n) is 0.405. The van der Waals surface area contributed by atoms with Crippen LogP contribution in [0.5, 0.6) is 0 Å². The first-order chi connectivity index (χ1) is 5.40. The summed E-state index contributed by atoms with van der Waals surface area (Å²) in [5, 5.41) is 17.4. The Kier molecular flexibility index (Phi) is 3.49. The molecule has 0 fully saturated rings. The second-order valence-corrected chi connectivity index (χ2v) is 2.51. The first-order valence-electron chi connectivity index (χ1n) is 3.42. The van der Waals surface area contributed by atoms with Crippen molar-refractivity contribution in [3.05, 3.63) is 0 Å². The molecule has 6 heteroatoms. The van der Waals surface area contributed by atoms with E-state index in [0.717, 1.165) is 0 Å². The van der Waals surface area contributed by atoms with Gasteiger partial charge >= 0.3 is 6.09 Å². The van der Waals surface area contributed by atoms with Gasteiger partial charge in [-0.25, -0.2) is 10.2 Å². The number of hydrazine groups is 1. The van der Waals surface area contributed by atoms with Crippen molar-refractivity contribution in [3.63, 3.8) is 0 Å². The summed E-state index contributed by atoms with van der Waals surface area (Å²) in [6, 6.07) is 0. The predicted octanol–water partition coefficient (Wildman–Crippen LogP) is -0.554. The fraction of sp³-hybridized carbons (Fsp3) is 0.667. The van der Waals surface area contributed by atoms with Crippen LogP contribution in [0.25, 0.3) is 0 Å². The Morgan fingerprint density at radius 2 is 1.92 bits per heavy atom. The highest BCUT2D eigenvalue weighted by molar-refractivity contribution is 5.85. The van der Waals surface area contributed by atoms with E-state index in [1.807, 2.05) is 5.43 Å². The van der Waals surface area contributed by atoms with Crippen LogP contribution < -0.4 is 10.9 Å². The molecule has 0 rings (SSSR count). The fourth-order valence-corrected chi connectivity index (χ4v) is 0.405. The van der Waals surface area contributed by atoms with E-state index in [-0.39, 0.29) is 6.42 Å². The summed E-state index contributed by atoms with van der Waals surface area (Å²) in [6.45, 7) is 2.91. The van der Waals surface area contributed by atoms with Crippen LogP contribution in [-0.2, 0) is 4.79 Å². The van der Waals surface area contributed by atoms with E-state index in [9.17, 15) is 14.7 Å². The van der Waals surface area contributed by atoms with Gasteiger partial charge in [-0.3, -0.25) is 10.2 Å². The van der Waals surface area contributed by atoms with Gasteiger partial charge in [0.05, 0.1) is 0 Å². The molecule has 0 aromatic carbocycles. The standard InChI is InChI=1S/C6H12N2O4/c1-3-6(2,12)4(9)7-8-5(10)11/h8,12H,3H2,1-2H3,(H,7,9)(H,10,11). The third-order valence-corrected chi connectivity index (χ3v) is 1.46. The van der Waals surface area contributed by atoms with E-state index >= 15 is 0 Å². The lowest BCUT2D eigenvalue weighted by atomic mass is 10.0. The van der Waals surface area contributed by atoms with Crippen LogP contribution in [0.2, 0.25) is 0 Å². The zero-order valence-electron chi connectivity index (χ0n) is 6.92. The zero-order chi connectivity index (χ0) is 9.78. The minimum absolute atomic E-state index is 0.208. The molecule has 0 saturated carbocycles. The van der Waals surface area contributed by atoms with E-state index in [4.69, 9.17) is 5.11 Å². The number of carboxylic acid groups (broad SMARTS) is 1. The Bertz CT molecular complexity index is 190. The van der Waals surface area contributed by atoms with Crippen molar-refractivity contribution in [1.29, 1.82) is 0 Å². The number of aliphatic hydroxyl groups is 1. The second kappa shape index (κ2) is 3.91. The third-order valence-electron chi connectivity index (χ3n) is 1.46. The summed E-state index contributed by atoms with van der Waals surface area (Å²) in [7, 11) is 0. The van der Waals surface area contributed by atoms with Crippen LogP contribution in [-0.4, -0.2) is 27.8 Å². The van der Waals surface area contributed by atoms with Gasteiger partial charge in [-0.2, -0.15) is 0 Å². The Labute approximate surface area is 69.5 Å². The number of amides is 2. The Morgan fingerprint density at radius 3 is 2.25 bits per heavy atom. The van der Waals surface area contributed by atoms with Gasteiger partial charge in [0.25, 0.3) is 5.91 Å². The van der Waals surface area contributed by atoms with Crippen molar-refractivity contribution < 1.29 is 19.8 Å². The monoisotopic (exact) mass is 176 g/mol. The Balaban J connectivity index is 3.96. The summed E-state index contributed by atoms with van der Waals surface area (Å²) < 4.78 is 0. The highest BCUT2D eigenvalue weighted by Gasteiger charge is 2.27. The smallest absolute Gasteiger partial charge is 0.423 e. The lowest BCUT2D eigenvalue weighted by Crippen LogP contribution is -2.51. The van der Waals surface area contributed by atoms with Gasteiger partial charge in [-0.1, -0.05) is 6.92 Å². The van der Waals surface area contributed by atoms with Crippen LogP contribution in [0.3, 0.4) is 0 Å². The number of hydrogen-bond donors (Lipinski definition) is 4. The Hall–Kier alpha value is -1.30. The highest BCUT2D eigenvalue weighted by atomic mass is 16.4. The lowest BCUT2D eigenvalue weighted by molar-refractivity contribution is -0.139. The van der Waals surface area contributed by atoms with Gasteiger partial charge in [0.1, 0.15) is 5.60 Å². The second-order valence-electron chi connectivity index (χ2n) is 2.51. The maximum atomic E-state index is 10.9. The molecule has 6 nitrogen and oxygen atoms in total. The van der Waals surface area contributed by atoms with Gasteiger partial charge in [0.15, 0.2) is 0 Å². The minimum Gasteiger partial charge on any atom is -0.464 e. The summed E-state index contributed by atoms with van der Waals surface area (Å²) in [4.78, 5) is 20.8. The summed E-state index contributed by atoms with van der Waals surface area (Å²) in [5.74, 6) is -0.771. The largest absolute Gasteiger partial charge is 0.464 e. The molecule has 0 aromatic heterocycles. The van der Waals surface area contributed by atoms with Crippen LogP contribution in [0.15, 0.2) is 0 Å². The van der Waals surface area contributed by atoms with E-state index < -0.39 is 17.6 Å². The number of nitrogens with one attached hydrogen (secondary N) is 2. The van der Waals surface area contributed by atoms with Crippen LogP contribution in [0.1, 0.15) is 20.3 Å². The molecule has 0 spiro atoms. The summed E-state index contributed by atoms with van der Waals surface area (Å²) in [5.41, 5.74) is 1.94. The average Bonchev–Trinajstić information content (AvgIpc) is 2.00. The molecule has 0 aliphatic rings. The average molecular weight is 176 g/mol. The molecule has 1 atom stereocenters. The predicted molar refractivity (Wildman–Crippen MR) is 40.2 cm³/mol. The molecule has 0 bridgehead atoms. The molecular formula is C6H12N2O4. The molecule has 0 aliphatic carbocycles. The van der Waals surface area contributed by atoms with E-state index in [2.05, 4.69) is 0 Å². The number of carbonyl (C=O) groups excluding carboxylic acids is 1. The number of hydrogen-bond acceptors (Lipinski definition) is 3. The zero-order valence-corrected chi connectivity index (χ0v) is 6.92. The molecule has 0 radical (unpaired) electrons. The van der Waals surface area contributed by atoms with Gasteiger partial charge in [-0.15, -0.1) is 0 Å². The molecule has 0 heterocycles. The van der Waals surface area contributed by atoms with Crippen molar-refractivity contribution in [2.45, 2.75) is 25.9 Å². The molecule has 0 aliphatic heterocycles. The maximum absolute atomic E-state index is 10.9. The quantitative estimate of drug-likeness (QED) is 0.424. The molecule has 4 N–H and O–H groups in total. The van der Waals surface area contributed by atoms with Crippen molar-refractivity contribution >= 4 is 12.0 Å². The Morgan fingerprint density at radius 1 is 1.42 bits per heavy atom. The molecule has 1 unspecified atom stereocenters. The topological polar surface area (TPSA) is 98.7 Å². The van der Waals surface area contributed by atoms with Gasteiger partial charge in [0.2, 0.25) is 0 Å². The van der Waals surface area contributed by atoms with Crippen LogP contribution >= 0.6 is 0 Å². The molecule has 70 valence electrons. The molecule has 12 heavy (non-hydrogen) atoms. The normalized spacial score (nSPS) is 14.6. The minimum atomic E-state index is -1.54. The maximum Gasteiger partial charge on any atom is 0.423 e. The SMILES string of the molecule is CCC(C)(O)C(=O)NNC(=O)O. The summed E-state index contributed by atoms with van der Waals surface area (Å²) >= 11 is 0. The van der Waals surface area contributed by atoms with Crippen molar-refractivity contribution in [3.8, 4) is 0 Å². The van der Waals surface area contributed by atoms with Crippen molar-refractivity contribution in [2.75, 3.05) is 0 Å². The van der Waals surface area contributed by atoms with Gasteiger partial charge in [0, 0.05) is 0 Å². The molecule has 2 amide bonds. The van der Waals surface area contributed by atoms with Gasteiger partial charge < -0.3 is 10.2 Å². The van der Waals surface area contributed by atoms with Crippen molar-refractivity contribution in [1.82, 2.24) is 10.9 Å². The van der Waals surface area contributed by atoms with E-state index in [1.54, 1.807) is 12.3 Å². The number of carbonyl (C=O) groups is 2. The van der Waals surface area contributed by atoms with Gasteiger partial charge in [-0.05, 0) is 13.3 Å². The first kappa shape index (κ1) is 10.7. The van der Waals surface area contributed by atoms with Crippen LogP contribution in [0, 0.1) is 0 Å². The van der Waals surface area contributed by atoms with Crippen molar-refractivity contribution in [2.24, 2.45) is 0 Å². The lowest BCUT2D eigenvalue weighted by Gasteiger charge is -2.19. The molecule has 0 saturated heterocycles. The molecule has 0 aromatic rings. The summed E-state index contributed by atoms with van der Waals surface area (Å²) in [6.07, 6.45) is -1.17. The van der Waals surface area contributed by atoms with E-state index in [0.29, 0.717) is 0 Å². The first-order valence-corrected chi connectivity index (χ1v) is 3.42. The van der Waals surface area contributed by atoms with E-state index in [1.165, 1.54) is 6.92 Å². The third kappa shape index (κ3) is 3.20.